The van der Waals surface area contributed by atoms with Gasteiger partial charge in [-0.1, -0.05) is 51.9 Å². The molecule has 1 rings (SSSR count). The largest absolute Gasteiger partial charge is 1.00 e. The molecule has 6 nitrogen and oxygen atoms in total. The first-order chi connectivity index (χ1) is 10.6. The molecule has 0 aliphatic carbocycles. The molecule has 5 atom stereocenters. The van der Waals surface area contributed by atoms with Crippen molar-refractivity contribution in [3.8, 4) is 0 Å². The minimum Gasteiger partial charge on any atom is -1.00 e. The molecular formula is C16H33NaO6. The van der Waals surface area contributed by atoms with E-state index in [1.54, 1.807) is 0 Å². The molecule has 0 bridgehead atoms. The summed E-state index contributed by atoms with van der Waals surface area (Å²) in [4.78, 5) is 0. The number of hydrogen-bond donors (Lipinski definition) is 4. The van der Waals surface area contributed by atoms with Crippen molar-refractivity contribution in [1.82, 2.24) is 0 Å². The zero-order valence-electron chi connectivity index (χ0n) is 15.6. The summed E-state index contributed by atoms with van der Waals surface area (Å²) < 4.78 is 10.7. The predicted octanol–water partition coefficient (Wildman–Crippen LogP) is -1.94. The Bertz CT molecular complexity index is 287. The summed E-state index contributed by atoms with van der Waals surface area (Å²) in [6.45, 7) is 2.13. The van der Waals surface area contributed by atoms with Crippen LogP contribution in [0.1, 0.15) is 59.7 Å². The van der Waals surface area contributed by atoms with Crippen molar-refractivity contribution in [2.75, 3.05) is 13.2 Å². The standard InChI is InChI=1S/C16H32O6.Na.H/c1-2-3-4-5-6-7-8-9-10-21-16-14(20)13(19)15(22-16)12(18)11-17;;/h12-20H,2-11H2,1H3;;/q;+1;-1/t12-,13-,14-,15+,16-;;/m1../s1. The quantitative estimate of drug-likeness (QED) is 0.243. The third kappa shape index (κ3) is 8.61. The van der Waals surface area contributed by atoms with Crippen LogP contribution in [0.15, 0.2) is 0 Å². The van der Waals surface area contributed by atoms with Crippen molar-refractivity contribution >= 4 is 0 Å². The minimum absolute atomic E-state index is 0. The SMILES string of the molecule is CCCCCCCCCCO[C@@H]1O[C@@H]([C@H](O)CO)[C@H](O)[C@H]1O.[H-].[Na+]. The number of aliphatic hydroxyl groups is 4. The molecule has 0 radical (unpaired) electrons. The normalized spacial score (nSPS) is 28.6. The summed E-state index contributed by atoms with van der Waals surface area (Å²) in [5.74, 6) is 0. The van der Waals surface area contributed by atoms with Crippen molar-refractivity contribution in [3.05, 3.63) is 0 Å². The fourth-order valence-electron chi connectivity index (χ4n) is 2.67. The number of unbranched alkanes of at least 4 members (excludes halogenated alkanes) is 7. The summed E-state index contributed by atoms with van der Waals surface area (Å²) >= 11 is 0. The van der Waals surface area contributed by atoms with E-state index < -0.39 is 37.3 Å². The van der Waals surface area contributed by atoms with E-state index in [9.17, 15) is 15.3 Å². The molecule has 1 fully saturated rings. The van der Waals surface area contributed by atoms with Crippen molar-refractivity contribution < 1.29 is 60.9 Å². The fourth-order valence-corrected chi connectivity index (χ4v) is 2.67. The average Bonchev–Trinajstić information content (AvgIpc) is 2.81. The molecule has 0 aromatic heterocycles. The molecule has 4 N–H and O–H groups in total. The molecule has 1 aliphatic rings. The van der Waals surface area contributed by atoms with E-state index in [2.05, 4.69) is 6.92 Å². The van der Waals surface area contributed by atoms with Gasteiger partial charge in [-0.15, -0.1) is 0 Å². The smallest absolute Gasteiger partial charge is 1.00 e. The van der Waals surface area contributed by atoms with Crippen LogP contribution in [0.5, 0.6) is 0 Å². The van der Waals surface area contributed by atoms with Gasteiger partial charge in [-0.25, -0.2) is 0 Å². The van der Waals surface area contributed by atoms with Gasteiger partial charge in [0, 0.05) is 6.61 Å². The van der Waals surface area contributed by atoms with Gasteiger partial charge < -0.3 is 31.3 Å². The first-order valence-electron chi connectivity index (χ1n) is 8.54. The Morgan fingerprint density at radius 1 is 1.00 bits per heavy atom. The summed E-state index contributed by atoms with van der Waals surface area (Å²) in [6, 6.07) is 0. The van der Waals surface area contributed by atoms with Crippen LogP contribution in [-0.2, 0) is 9.47 Å². The molecule has 0 saturated carbocycles. The monoisotopic (exact) mass is 344 g/mol. The Kier molecular flexibility index (Phi) is 14.4. The van der Waals surface area contributed by atoms with E-state index in [-0.39, 0.29) is 31.0 Å². The Morgan fingerprint density at radius 2 is 1.57 bits per heavy atom. The van der Waals surface area contributed by atoms with Gasteiger partial charge in [-0.3, -0.25) is 0 Å². The van der Waals surface area contributed by atoms with Crippen LogP contribution in [0, 0.1) is 0 Å². The molecule has 0 aromatic carbocycles. The molecule has 23 heavy (non-hydrogen) atoms. The topological polar surface area (TPSA) is 99.4 Å². The number of ether oxygens (including phenoxy) is 2. The molecule has 0 amide bonds. The van der Waals surface area contributed by atoms with Gasteiger partial charge in [0.15, 0.2) is 6.29 Å². The molecule has 0 spiro atoms. The molecule has 7 heteroatoms. The maximum atomic E-state index is 9.80. The second-order valence-electron chi connectivity index (χ2n) is 6.05. The zero-order chi connectivity index (χ0) is 16.4. The zero-order valence-corrected chi connectivity index (χ0v) is 16.6. The van der Waals surface area contributed by atoms with Gasteiger partial charge in [-0.2, -0.15) is 0 Å². The van der Waals surface area contributed by atoms with E-state index in [1.807, 2.05) is 0 Å². The summed E-state index contributed by atoms with van der Waals surface area (Å²) in [5.41, 5.74) is 0. The summed E-state index contributed by atoms with van der Waals surface area (Å²) in [6.07, 6.45) is 3.92. The molecule has 0 aromatic rings. The Balaban J connectivity index is 0. The van der Waals surface area contributed by atoms with Crippen molar-refractivity contribution in [2.24, 2.45) is 0 Å². The van der Waals surface area contributed by atoms with Gasteiger partial charge in [0.2, 0.25) is 0 Å². The first-order valence-corrected chi connectivity index (χ1v) is 8.54. The van der Waals surface area contributed by atoms with Crippen LogP contribution in [0.25, 0.3) is 0 Å². The number of rotatable bonds is 12. The molecule has 1 saturated heterocycles. The molecule has 1 aliphatic heterocycles. The predicted molar refractivity (Wildman–Crippen MR) is 83.4 cm³/mol. The fraction of sp³-hybridized carbons (Fsp3) is 1.00. The average molecular weight is 344 g/mol. The van der Waals surface area contributed by atoms with Gasteiger partial charge in [0.1, 0.15) is 24.4 Å². The number of aliphatic hydroxyl groups excluding tert-OH is 4. The van der Waals surface area contributed by atoms with E-state index in [1.165, 1.54) is 38.5 Å². The maximum Gasteiger partial charge on any atom is 1.00 e. The van der Waals surface area contributed by atoms with E-state index in [0.717, 1.165) is 12.8 Å². The van der Waals surface area contributed by atoms with Gasteiger partial charge in [0.25, 0.3) is 0 Å². The van der Waals surface area contributed by atoms with Crippen LogP contribution in [0.2, 0.25) is 0 Å². The third-order valence-corrected chi connectivity index (χ3v) is 4.10. The van der Waals surface area contributed by atoms with E-state index in [4.69, 9.17) is 14.6 Å². The van der Waals surface area contributed by atoms with Crippen molar-refractivity contribution in [2.45, 2.75) is 89.0 Å². The number of hydrogen-bond acceptors (Lipinski definition) is 6. The van der Waals surface area contributed by atoms with E-state index in [0.29, 0.717) is 6.61 Å². The van der Waals surface area contributed by atoms with Crippen LogP contribution < -0.4 is 29.6 Å². The van der Waals surface area contributed by atoms with Gasteiger partial charge in [-0.05, 0) is 6.42 Å². The van der Waals surface area contributed by atoms with Crippen LogP contribution >= 0.6 is 0 Å². The molecule has 0 unspecified atom stereocenters. The Morgan fingerprint density at radius 3 is 2.13 bits per heavy atom. The summed E-state index contributed by atoms with van der Waals surface area (Å²) in [5, 5.41) is 37.9. The third-order valence-electron chi connectivity index (χ3n) is 4.10. The molecule has 134 valence electrons. The first kappa shape index (κ1) is 23.8. The van der Waals surface area contributed by atoms with E-state index >= 15 is 0 Å². The molecular weight excluding hydrogens is 311 g/mol. The summed E-state index contributed by atoms with van der Waals surface area (Å²) in [7, 11) is 0. The second-order valence-corrected chi connectivity index (χ2v) is 6.05. The van der Waals surface area contributed by atoms with Crippen LogP contribution in [-0.4, -0.2) is 64.3 Å². The van der Waals surface area contributed by atoms with Gasteiger partial charge in [0.05, 0.1) is 6.61 Å². The Labute approximate surface area is 163 Å². The minimum atomic E-state index is -1.24. The maximum absolute atomic E-state index is 9.80. The molecule has 1 heterocycles. The van der Waals surface area contributed by atoms with Gasteiger partial charge >= 0.3 is 29.6 Å². The Hall–Kier alpha value is 0.760. The van der Waals surface area contributed by atoms with Crippen LogP contribution in [0.3, 0.4) is 0 Å². The second kappa shape index (κ2) is 14.0. The van der Waals surface area contributed by atoms with Crippen molar-refractivity contribution in [1.29, 1.82) is 0 Å². The van der Waals surface area contributed by atoms with Crippen molar-refractivity contribution in [3.63, 3.8) is 0 Å². The van der Waals surface area contributed by atoms with Crippen LogP contribution in [0.4, 0.5) is 0 Å².